The third-order valence-corrected chi connectivity index (χ3v) is 6.73. The summed E-state index contributed by atoms with van der Waals surface area (Å²) < 4.78 is 1.08. The average Bonchev–Trinajstić information content (AvgIpc) is 2.49. The zero-order valence-corrected chi connectivity index (χ0v) is 17.0. The van der Waals surface area contributed by atoms with Gasteiger partial charge in [0.05, 0.1) is 9.85 Å². The van der Waals surface area contributed by atoms with Crippen molar-refractivity contribution in [2.45, 2.75) is 37.4 Å². The Morgan fingerprint density at radius 2 is 1.67 bits per heavy atom. The van der Waals surface area contributed by atoms with Gasteiger partial charge in [0.25, 0.3) is 0 Å². The summed E-state index contributed by atoms with van der Waals surface area (Å²) in [6.45, 7) is 6.80. The Morgan fingerprint density at radius 1 is 1.10 bits per heavy atom. The molecule has 0 radical (unpaired) electrons. The molecule has 0 fully saturated rings. The molecule has 0 aliphatic carbocycles. The molecule has 0 amide bonds. The second-order valence-electron chi connectivity index (χ2n) is 5.90. The molecule has 0 N–H and O–H groups in total. The van der Waals surface area contributed by atoms with Gasteiger partial charge in [0.2, 0.25) is 0 Å². The van der Waals surface area contributed by atoms with E-state index in [1.54, 1.807) is 0 Å². The van der Waals surface area contributed by atoms with Crippen LogP contribution in [-0.2, 0) is 5.41 Å². The molecular formula is C18H19BrClI. The average molecular weight is 478 g/mol. The lowest BCUT2D eigenvalue weighted by Crippen LogP contribution is -2.15. The van der Waals surface area contributed by atoms with Gasteiger partial charge in [-0.25, -0.2) is 0 Å². The fourth-order valence-corrected chi connectivity index (χ4v) is 3.28. The van der Waals surface area contributed by atoms with Gasteiger partial charge in [-0.15, -0.1) is 0 Å². The van der Waals surface area contributed by atoms with Gasteiger partial charge in [-0.1, -0.05) is 78.6 Å². The van der Waals surface area contributed by atoms with Crippen LogP contribution in [0.4, 0.5) is 0 Å². The SMILES string of the molecule is CCC(C)(C)c1ccc(C(Br)c2ccc(I)c(Cl)c2)cc1. The number of alkyl halides is 1. The van der Waals surface area contributed by atoms with E-state index < -0.39 is 0 Å². The largest absolute Gasteiger partial charge is 0.0832 e. The lowest BCUT2D eigenvalue weighted by Gasteiger charge is -2.24. The maximum absolute atomic E-state index is 6.22. The lowest BCUT2D eigenvalue weighted by atomic mass is 9.82. The van der Waals surface area contributed by atoms with E-state index in [1.807, 2.05) is 6.07 Å². The van der Waals surface area contributed by atoms with Crippen LogP contribution in [0.1, 0.15) is 48.7 Å². The predicted octanol–water partition coefficient (Wildman–Crippen LogP) is 7.12. The van der Waals surface area contributed by atoms with E-state index in [-0.39, 0.29) is 10.2 Å². The predicted molar refractivity (Wildman–Crippen MR) is 105 cm³/mol. The van der Waals surface area contributed by atoms with Crippen LogP contribution in [0.3, 0.4) is 0 Å². The highest BCUT2D eigenvalue weighted by atomic mass is 127. The molecule has 0 nitrogen and oxygen atoms in total. The Hall–Kier alpha value is -0.0600. The Balaban J connectivity index is 2.27. The summed E-state index contributed by atoms with van der Waals surface area (Å²) in [5.74, 6) is 0. The molecule has 0 spiro atoms. The summed E-state index contributed by atoms with van der Waals surface area (Å²) in [7, 11) is 0. The van der Waals surface area contributed by atoms with Gasteiger partial charge in [-0.05, 0) is 63.2 Å². The first-order chi connectivity index (χ1) is 9.85. The van der Waals surface area contributed by atoms with E-state index in [4.69, 9.17) is 11.6 Å². The van der Waals surface area contributed by atoms with Crippen LogP contribution in [0.15, 0.2) is 42.5 Å². The van der Waals surface area contributed by atoms with Gasteiger partial charge in [0, 0.05) is 3.57 Å². The van der Waals surface area contributed by atoms with Crippen LogP contribution >= 0.6 is 50.1 Å². The maximum Gasteiger partial charge on any atom is 0.0645 e. The molecule has 2 rings (SSSR count). The van der Waals surface area contributed by atoms with Crippen molar-refractivity contribution in [1.29, 1.82) is 0 Å². The minimum absolute atomic E-state index is 0.172. The zero-order valence-electron chi connectivity index (χ0n) is 12.5. The Bertz CT molecular complexity index is 620. The summed E-state index contributed by atoms with van der Waals surface area (Å²) in [5, 5.41) is 0.807. The fraction of sp³-hybridized carbons (Fsp3) is 0.333. The first kappa shape index (κ1) is 17.3. The third kappa shape index (κ3) is 4.02. The summed E-state index contributed by atoms with van der Waals surface area (Å²) in [6.07, 6.45) is 1.14. The van der Waals surface area contributed by atoms with Crippen LogP contribution in [0.5, 0.6) is 0 Å². The van der Waals surface area contributed by atoms with Crippen molar-refractivity contribution < 1.29 is 0 Å². The summed E-state index contributed by atoms with van der Waals surface area (Å²) in [5.41, 5.74) is 4.05. The molecule has 0 aliphatic heterocycles. The molecule has 112 valence electrons. The number of halogens is 3. The topological polar surface area (TPSA) is 0 Å². The van der Waals surface area contributed by atoms with Crippen molar-refractivity contribution in [1.82, 2.24) is 0 Å². The molecule has 1 atom stereocenters. The summed E-state index contributed by atoms with van der Waals surface area (Å²) >= 11 is 12.3. The van der Waals surface area contributed by atoms with Gasteiger partial charge < -0.3 is 0 Å². The Kier molecular flexibility index (Phi) is 5.77. The van der Waals surface area contributed by atoms with Crippen LogP contribution in [-0.4, -0.2) is 0 Å². The smallest absolute Gasteiger partial charge is 0.0645 e. The van der Waals surface area contributed by atoms with Crippen LogP contribution < -0.4 is 0 Å². The molecule has 0 saturated heterocycles. The second kappa shape index (κ2) is 7.01. The third-order valence-electron chi connectivity index (χ3n) is 4.11. The second-order valence-corrected chi connectivity index (χ2v) is 8.38. The summed E-state index contributed by atoms with van der Waals surface area (Å²) in [6, 6.07) is 15.1. The monoisotopic (exact) mass is 476 g/mol. The first-order valence-electron chi connectivity index (χ1n) is 7.04. The van der Waals surface area contributed by atoms with Crippen molar-refractivity contribution in [2.75, 3.05) is 0 Å². The van der Waals surface area contributed by atoms with Crippen molar-refractivity contribution in [3.63, 3.8) is 0 Å². The molecule has 0 saturated carbocycles. The van der Waals surface area contributed by atoms with Gasteiger partial charge in [0.15, 0.2) is 0 Å². The molecule has 0 aromatic heterocycles. The number of hydrogen-bond acceptors (Lipinski definition) is 0. The van der Waals surface area contributed by atoms with Crippen LogP contribution in [0.2, 0.25) is 5.02 Å². The molecule has 2 aromatic carbocycles. The molecule has 0 bridgehead atoms. The van der Waals surface area contributed by atoms with Crippen molar-refractivity contribution in [2.24, 2.45) is 0 Å². The van der Waals surface area contributed by atoms with E-state index in [0.717, 1.165) is 15.0 Å². The van der Waals surface area contributed by atoms with E-state index in [1.165, 1.54) is 16.7 Å². The van der Waals surface area contributed by atoms with Gasteiger partial charge in [-0.3, -0.25) is 0 Å². The van der Waals surface area contributed by atoms with Crippen LogP contribution in [0, 0.1) is 3.57 Å². The van der Waals surface area contributed by atoms with E-state index >= 15 is 0 Å². The highest BCUT2D eigenvalue weighted by Gasteiger charge is 2.18. The van der Waals surface area contributed by atoms with E-state index in [2.05, 4.69) is 95.7 Å². The first-order valence-corrected chi connectivity index (χ1v) is 9.42. The quantitative estimate of drug-likeness (QED) is 0.325. The Morgan fingerprint density at radius 3 is 2.19 bits per heavy atom. The van der Waals surface area contributed by atoms with E-state index in [9.17, 15) is 0 Å². The molecule has 1 unspecified atom stereocenters. The highest BCUT2D eigenvalue weighted by Crippen LogP contribution is 2.35. The number of rotatable bonds is 4. The fourth-order valence-electron chi connectivity index (χ4n) is 2.17. The molecule has 3 heteroatoms. The molecule has 21 heavy (non-hydrogen) atoms. The summed E-state index contributed by atoms with van der Waals surface area (Å²) in [4.78, 5) is 0.172. The normalized spacial score (nSPS) is 13.2. The molecule has 0 aliphatic rings. The lowest BCUT2D eigenvalue weighted by molar-refractivity contribution is 0.506. The number of benzene rings is 2. The highest BCUT2D eigenvalue weighted by molar-refractivity contribution is 14.1. The number of hydrogen-bond donors (Lipinski definition) is 0. The van der Waals surface area contributed by atoms with E-state index in [0.29, 0.717) is 0 Å². The molecular weight excluding hydrogens is 458 g/mol. The maximum atomic E-state index is 6.22. The van der Waals surface area contributed by atoms with Crippen molar-refractivity contribution >= 4 is 50.1 Å². The standard InChI is InChI=1S/C18H19BrClI/c1-4-18(2,3)14-8-5-12(6-9-14)17(19)13-7-10-16(21)15(20)11-13/h5-11,17H,4H2,1-3H3. The minimum Gasteiger partial charge on any atom is -0.0832 e. The van der Waals surface area contributed by atoms with Gasteiger partial charge in [0.1, 0.15) is 0 Å². The van der Waals surface area contributed by atoms with Crippen molar-refractivity contribution in [3.8, 4) is 0 Å². The molecule has 2 aromatic rings. The van der Waals surface area contributed by atoms with Crippen molar-refractivity contribution in [3.05, 3.63) is 67.7 Å². The van der Waals surface area contributed by atoms with Gasteiger partial charge in [-0.2, -0.15) is 0 Å². The van der Waals surface area contributed by atoms with Gasteiger partial charge >= 0.3 is 0 Å². The molecule has 0 heterocycles. The zero-order chi connectivity index (χ0) is 15.6. The van der Waals surface area contributed by atoms with Crippen LogP contribution in [0.25, 0.3) is 0 Å². The minimum atomic E-state index is 0.172. The Labute approximate surface area is 154 Å².